The Kier molecular flexibility index (Phi) is 5.85. The summed E-state index contributed by atoms with van der Waals surface area (Å²) in [6.45, 7) is 7.44. The molecule has 6 nitrogen and oxygen atoms in total. The summed E-state index contributed by atoms with van der Waals surface area (Å²) in [5, 5.41) is 3.10. The number of nitrogens with two attached hydrogens (primary N) is 1. The van der Waals surface area contributed by atoms with Crippen molar-refractivity contribution in [2.75, 3.05) is 17.6 Å². The maximum absolute atomic E-state index is 12.1. The first-order valence-corrected chi connectivity index (χ1v) is 7.27. The minimum atomic E-state index is -0.358. The standard InChI is InChI=1S/C14H26N4O2/c1-5-7-8-18-12(15)11(16-9-10(3)6-2)13(19)17(4)14(18)20/h10,16H,5-9,15H2,1-4H3. The van der Waals surface area contributed by atoms with Crippen LogP contribution in [0.4, 0.5) is 11.5 Å². The third-order valence-electron chi connectivity index (χ3n) is 3.64. The number of rotatable bonds is 7. The minimum absolute atomic E-state index is 0.245. The zero-order valence-electron chi connectivity index (χ0n) is 12.9. The predicted molar refractivity (Wildman–Crippen MR) is 83.2 cm³/mol. The van der Waals surface area contributed by atoms with E-state index < -0.39 is 0 Å². The summed E-state index contributed by atoms with van der Waals surface area (Å²) in [5.41, 5.74) is 5.64. The molecule has 0 bridgehead atoms. The first-order valence-electron chi connectivity index (χ1n) is 7.27. The summed E-state index contributed by atoms with van der Waals surface area (Å²) in [6, 6.07) is 0. The molecule has 0 saturated heterocycles. The van der Waals surface area contributed by atoms with Gasteiger partial charge >= 0.3 is 5.69 Å². The highest BCUT2D eigenvalue weighted by Crippen LogP contribution is 2.13. The van der Waals surface area contributed by atoms with Crippen molar-refractivity contribution in [3.63, 3.8) is 0 Å². The molecule has 1 heterocycles. The molecule has 0 spiro atoms. The van der Waals surface area contributed by atoms with Crippen LogP contribution >= 0.6 is 0 Å². The quantitative estimate of drug-likeness (QED) is 0.791. The van der Waals surface area contributed by atoms with Crippen LogP contribution in [0.15, 0.2) is 9.59 Å². The molecule has 1 unspecified atom stereocenters. The summed E-state index contributed by atoms with van der Waals surface area (Å²) < 4.78 is 2.59. The zero-order valence-corrected chi connectivity index (χ0v) is 12.9. The van der Waals surface area contributed by atoms with E-state index in [4.69, 9.17) is 5.73 Å². The third-order valence-corrected chi connectivity index (χ3v) is 3.64. The monoisotopic (exact) mass is 282 g/mol. The summed E-state index contributed by atoms with van der Waals surface area (Å²) in [7, 11) is 1.49. The molecule has 1 rings (SSSR count). The van der Waals surface area contributed by atoms with E-state index in [9.17, 15) is 9.59 Å². The summed E-state index contributed by atoms with van der Waals surface area (Å²) in [6.07, 6.45) is 2.83. The molecule has 1 aromatic heterocycles. The fourth-order valence-electron chi connectivity index (χ4n) is 1.90. The second-order valence-electron chi connectivity index (χ2n) is 5.31. The Labute approximate surface area is 119 Å². The Hall–Kier alpha value is -1.72. The van der Waals surface area contributed by atoms with Crippen LogP contribution in [0.3, 0.4) is 0 Å². The van der Waals surface area contributed by atoms with Crippen molar-refractivity contribution in [1.29, 1.82) is 0 Å². The fraction of sp³-hybridized carbons (Fsp3) is 0.714. The number of nitrogens with one attached hydrogen (secondary N) is 1. The molecule has 3 N–H and O–H groups in total. The van der Waals surface area contributed by atoms with Gasteiger partial charge < -0.3 is 11.1 Å². The average molecular weight is 282 g/mol. The number of hydrogen-bond acceptors (Lipinski definition) is 4. The van der Waals surface area contributed by atoms with Crippen LogP contribution in [-0.4, -0.2) is 15.7 Å². The van der Waals surface area contributed by atoms with Gasteiger partial charge in [0, 0.05) is 20.1 Å². The maximum Gasteiger partial charge on any atom is 0.332 e. The van der Waals surface area contributed by atoms with Crippen LogP contribution in [0.1, 0.15) is 40.0 Å². The van der Waals surface area contributed by atoms with Gasteiger partial charge in [-0.25, -0.2) is 4.79 Å². The topological polar surface area (TPSA) is 82.0 Å². The molecule has 0 aromatic carbocycles. The van der Waals surface area contributed by atoms with Crippen LogP contribution in [0.2, 0.25) is 0 Å². The molecule has 0 saturated carbocycles. The Morgan fingerprint density at radius 3 is 2.50 bits per heavy atom. The molecule has 0 aliphatic heterocycles. The predicted octanol–water partition coefficient (Wildman–Crippen LogP) is 1.39. The van der Waals surface area contributed by atoms with E-state index in [2.05, 4.69) is 19.2 Å². The van der Waals surface area contributed by atoms with Gasteiger partial charge in [0.05, 0.1) is 0 Å². The zero-order chi connectivity index (χ0) is 15.3. The highest BCUT2D eigenvalue weighted by Gasteiger charge is 2.15. The van der Waals surface area contributed by atoms with E-state index in [0.29, 0.717) is 24.7 Å². The van der Waals surface area contributed by atoms with Crippen LogP contribution in [-0.2, 0) is 13.6 Å². The number of hydrogen-bond donors (Lipinski definition) is 2. The van der Waals surface area contributed by atoms with Crippen molar-refractivity contribution in [3.05, 3.63) is 20.8 Å². The fourth-order valence-corrected chi connectivity index (χ4v) is 1.90. The Morgan fingerprint density at radius 2 is 1.95 bits per heavy atom. The second kappa shape index (κ2) is 7.17. The number of anilines is 2. The van der Waals surface area contributed by atoms with Gasteiger partial charge in [0.2, 0.25) is 0 Å². The van der Waals surface area contributed by atoms with E-state index in [1.54, 1.807) is 0 Å². The molecule has 0 amide bonds. The molecule has 114 valence electrons. The smallest absolute Gasteiger partial charge is 0.332 e. The maximum atomic E-state index is 12.1. The highest BCUT2D eigenvalue weighted by atomic mass is 16.2. The van der Waals surface area contributed by atoms with Crippen molar-refractivity contribution in [1.82, 2.24) is 9.13 Å². The SMILES string of the molecule is CCCCn1c(N)c(NCC(C)CC)c(=O)n(C)c1=O. The lowest BCUT2D eigenvalue weighted by molar-refractivity contribution is 0.569. The Balaban J connectivity index is 3.19. The number of nitrogens with zero attached hydrogens (tertiary/aromatic N) is 2. The first kappa shape index (κ1) is 16.3. The van der Waals surface area contributed by atoms with Crippen molar-refractivity contribution >= 4 is 11.5 Å². The molecular weight excluding hydrogens is 256 g/mol. The van der Waals surface area contributed by atoms with E-state index >= 15 is 0 Å². The number of aromatic nitrogens is 2. The lowest BCUT2D eigenvalue weighted by Gasteiger charge is -2.17. The van der Waals surface area contributed by atoms with Gasteiger partial charge in [-0.1, -0.05) is 33.6 Å². The second-order valence-corrected chi connectivity index (χ2v) is 5.31. The van der Waals surface area contributed by atoms with Crippen molar-refractivity contribution in [2.45, 2.75) is 46.6 Å². The van der Waals surface area contributed by atoms with Gasteiger partial charge in [-0.05, 0) is 12.3 Å². The molecule has 0 radical (unpaired) electrons. The molecule has 20 heavy (non-hydrogen) atoms. The molecule has 0 fully saturated rings. The van der Waals surface area contributed by atoms with Crippen LogP contribution in [0.25, 0.3) is 0 Å². The van der Waals surface area contributed by atoms with Gasteiger partial charge in [-0.3, -0.25) is 13.9 Å². The van der Waals surface area contributed by atoms with Crippen LogP contribution in [0.5, 0.6) is 0 Å². The molecule has 1 atom stereocenters. The Morgan fingerprint density at radius 1 is 1.30 bits per heavy atom. The van der Waals surface area contributed by atoms with E-state index in [-0.39, 0.29) is 17.1 Å². The summed E-state index contributed by atoms with van der Waals surface area (Å²) in [5.74, 6) is 0.685. The third kappa shape index (κ3) is 3.43. The van der Waals surface area contributed by atoms with E-state index in [1.807, 2.05) is 6.92 Å². The molecule has 6 heteroatoms. The van der Waals surface area contributed by atoms with Gasteiger partial charge in [0.15, 0.2) is 0 Å². The average Bonchev–Trinajstić information content (AvgIpc) is 2.44. The van der Waals surface area contributed by atoms with Gasteiger partial charge in [0.1, 0.15) is 11.5 Å². The van der Waals surface area contributed by atoms with E-state index in [1.165, 1.54) is 11.6 Å². The van der Waals surface area contributed by atoms with Crippen LogP contribution in [0, 0.1) is 5.92 Å². The van der Waals surface area contributed by atoms with Crippen molar-refractivity contribution < 1.29 is 0 Å². The Bertz CT molecular complexity index is 560. The number of unbranched alkanes of at least 4 members (excludes halogenated alkanes) is 1. The number of nitrogen functional groups attached to an aromatic ring is 1. The normalized spacial score (nSPS) is 12.4. The largest absolute Gasteiger partial charge is 0.383 e. The molecule has 0 aliphatic rings. The van der Waals surface area contributed by atoms with Gasteiger partial charge in [-0.2, -0.15) is 0 Å². The van der Waals surface area contributed by atoms with Crippen LogP contribution < -0.4 is 22.3 Å². The molecule has 0 aliphatic carbocycles. The van der Waals surface area contributed by atoms with Gasteiger partial charge in [-0.15, -0.1) is 0 Å². The highest BCUT2D eigenvalue weighted by molar-refractivity contribution is 5.60. The van der Waals surface area contributed by atoms with Crippen molar-refractivity contribution in [2.24, 2.45) is 13.0 Å². The lowest BCUT2D eigenvalue weighted by Crippen LogP contribution is -2.41. The summed E-state index contributed by atoms with van der Waals surface area (Å²) in [4.78, 5) is 24.2. The summed E-state index contributed by atoms with van der Waals surface area (Å²) >= 11 is 0. The first-order chi connectivity index (χ1) is 9.43. The molecule has 1 aromatic rings. The van der Waals surface area contributed by atoms with E-state index in [0.717, 1.165) is 23.8 Å². The molecular formula is C14H26N4O2. The lowest BCUT2D eigenvalue weighted by atomic mass is 10.1. The van der Waals surface area contributed by atoms with Gasteiger partial charge in [0.25, 0.3) is 5.56 Å². The van der Waals surface area contributed by atoms with Crippen molar-refractivity contribution in [3.8, 4) is 0 Å². The minimum Gasteiger partial charge on any atom is -0.383 e.